The second-order valence-corrected chi connectivity index (χ2v) is 5.89. The van der Waals surface area contributed by atoms with Gasteiger partial charge in [0, 0.05) is 10.5 Å². The van der Waals surface area contributed by atoms with Crippen LogP contribution in [0.25, 0.3) is 0 Å². The lowest BCUT2D eigenvalue weighted by Crippen LogP contribution is -1.95. The molecule has 2 nitrogen and oxygen atoms in total. The Bertz CT molecular complexity index is 561. The predicted molar refractivity (Wildman–Crippen MR) is 70.9 cm³/mol. The summed E-state index contributed by atoms with van der Waals surface area (Å²) in [5.41, 5.74) is 4.61. The third-order valence-corrected chi connectivity index (χ3v) is 4.43. The Hall–Kier alpha value is -0.710. The molecule has 0 aliphatic heterocycles. The molecule has 0 radical (unpaired) electrons. The highest BCUT2D eigenvalue weighted by atomic mass is 35.5. The molecule has 84 valence electrons. The molecule has 2 rings (SSSR count). The molecule has 0 unspecified atom stereocenters. The first-order valence-corrected chi connectivity index (χ1v) is 7.30. The average molecular weight is 271 g/mol. The van der Waals surface area contributed by atoms with Gasteiger partial charge in [-0.3, -0.25) is 0 Å². The molecule has 1 aromatic heterocycles. The van der Waals surface area contributed by atoms with Gasteiger partial charge in [0.1, 0.15) is 0 Å². The summed E-state index contributed by atoms with van der Waals surface area (Å²) in [6.45, 7) is 6.22. The van der Waals surface area contributed by atoms with E-state index in [9.17, 15) is 0 Å². The first-order valence-electron chi connectivity index (χ1n) is 4.82. The largest absolute Gasteiger partial charge is 0.233 e. The van der Waals surface area contributed by atoms with E-state index in [2.05, 4.69) is 42.3 Å². The minimum absolute atomic E-state index is 0.495. The summed E-state index contributed by atoms with van der Waals surface area (Å²) < 4.78 is 4.81. The van der Waals surface area contributed by atoms with Crippen LogP contribution in [-0.4, -0.2) is 4.37 Å². The Morgan fingerprint density at radius 2 is 1.81 bits per heavy atom. The number of aryl methyl sites for hydroxylation is 3. The van der Waals surface area contributed by atoms with Crippen molar-refractivity contribution in [3.8, 4) is 0 Å². The quantitative estimate of drug-likeness (QED) is 0.719. The number of benzene rings is 1. The van der Waals surface area contributed by atoms with Crippen LogP contribution in [0.2, 0.25) is 5.15 Å². The maximum Gasteiger partial charge on any atom is 0.179 e. The summed E-state index contributed by atoms with van der Waals surface area (Å²) in [6, 6.07) is 4.26. The normalized spacial score (nSPS) is 12.1. The lowest BCUT2D eigenvalue weighted by molar-refractivity contribution is 1.25. The topological polar surface area (TPSA) is 25.2 Å². The van der Waals surface area contributed by atoms with E-state index in [1.807, 2.05) is 0 Å². The summed E-state index contributed by atoms with van der Waals surface area (Å²) in [7, 11) is 2.86. The molecule has 0 saturated carbocycles. The molecule has 2 aromatic rings. The summed E-state index contributed by atoms with van der Waals surface area (Å²) in [6.07, 6.45) is 0. The van der Waals surface area contributed by atoms with E-state index >= 15 is 0 Å². The number of aromatic nitrogens is 1. The van der Waals surface area contributed by atoms with Gasteiger partial charge in [0.2, 0.25) is 0 Å². The van der Waals surface area contributed by atoms with Crippen molar-refractivity contribution in [3.05, 3.63) is 38.6 Å². The van der Waals surface area contributed by atoms with Crippen molar-refractivity contribution in [3.63, 3.8) is 0 Å². The zero-order chi connectivity index (χ0) is 11.7. The van der Waals surface area contributed by atoms with Crippen LogP contribution in [0, 0.1) is 20.8 Å². The van der Waals surface area contributed by atoms with Gasteiger partial charge in [0.25, 0.3) is 0 Å². The van der Waals surface area contributed by atoms with Crippen LogP contribution in [0.15, 0.2) is 17.1 Å². The number of rotatable bonds is 1. The van der Waals surface area contributed by atoms with Crippen LogP contribution in [0.1, 0.15) is 16.7 Å². The summed E-state index contributed by atoms with van der Waals surface area (Å²) >= 11 is 5.94. The fourth-order valence-corrected chi connectivity index (χ4v) is 3.65. The SMILES string of the molecule is Cc1cc(C)c(N=c2ssnc2Cl)c(C)c1. The Balaban J connectivity index is 2.63. The Morgan fingerprint density at radius 1 is 1.19 bits per heavy atom. The molecule has 0 fully saturated rings. The highest BCUT2D eigenvalue weighted by Crippen LogP contribution is 2.25. The molecule has 0 bridgehead atoms. The number of hydrogen-bond acceptors (Lipinski definition) is 4. The maximum atomic E-state index is 5.94. The van der Waals surface area contributed by atoms with Gasteiger partial charge in [-0.1, -0.05) is 29.3 Å². The maximum absolute atomic E-state index is 5.94. The molecular formula is C11H11ClN2S2. The van der Waals surface area contributed by atoms with Crippen molar-refractivity contribution in [2.45, 2.75) is 20.8 Å². The highest BCUT2D eigenvalue weighted by Gasteiger charge is 2.04. The molecule has 0 atom stereocenters. The molecule has 5 heteroatoms. The predicted octanol–water partition coefficient (Wildman–Crippen LogP) is 4.02. The molecule has 0 amide bonds. The monoisotopic (exact) mass is 270 g/mol. The van der Waals surface area contributed by atoms with Gasteiger partial charge in [-0.15, -0.1) is 0 Å². The zero-order valence-electron chi connectivity index (χ0n) is 9.24. The average Bonchev–Trinajstić information content (AvgIpc) is 2.57. The van der Waals surface area contributed by atoms with Crippen molar-refractivity contribution in [2.75, 3.05) is 0 Å². The van der Waals surface area contributed by atoms with Crippen molar-refractivity contribution in [2.24, 2.45) is 4.99 Å². The van der Waals surface area contributed by atoms with Crippen LogP contribution >= 0.6 is 32.5 Å². The van der Waals surface area contributed by atoms with Gasteiger partial charge in [-0.2, -0.15) is 4.37 Å². The standard InChI is InChI=1S/C11H11ClN2S2/c1-6-4-7(2)9(8(3)5-6)13-11-10(12)14-16-15-11/h4-5H,1-3H3. The Kier molecular flexibility index (Phi) is 3.42. The van der Waals surface area contributed by atoms with Gasteiger partial charge in [-0.25, -0.2) is 4.99 Å². The van der Waals surface area contributed by atoms with E-state index in [1.54, 1.807) is 0 Å². The van der Waals surface area contributed by atoms with Gasteiger partial charge in [0.15, 0.2) is 9.82 Å². The second-order valence-electron chi connectivity index (χ2n) is 3.70. The first-order chi connectivity index (χ1) is 7.58. The highest BCUT2D eigenvalue weighted by molar-refractivity contribution is 7.66. The lowest BCUT2D eigenvalue weighted by atomic mass is 10.1. The van der Waals surface area contributed by atoms with E-state index < -0.39 is 0 Å². The third kappa shape index (κ3) is 2.34. The Morgan fingerprint density at radius 3 is 2.31 bits per heavy atom. The van der Waals surface area contributed by atoms with Crippen molar-refractivity contribution in [1.29, 1.82) is 0 Å². The van der Waals surface area contributed by atoms with Crippen molar-refractivity contribution >= 4 is 38.2 Å². The van der Waals surface area contributed by atoms with Crippen LogP contribution in [0.4, 0.5) is 5.69 Å². The summed E-state index contributed by atoms with van der Waals surface area (Å²) in [5.74, 6) is 0. The minimum Gasteiger partial charge on any atom is -0.233 e. The van der Waals surface area contributed by atoms with Crippen molar-refractivity contribution in [1.82, 2.24) is 4.37 Å². The molecule has 1 aromatic carbocycles. The van der Waals surface area contributed by atoms with E-state index in [4.69, 9.17) is 11.6 Å². The van der Waals surface area contributed by atoms with E-state index in [0.29, 0.717) is 5.15 Å². The summed E-state index contributed by atoms with van der Waals surface area (Å²) in [4.78, 5) is 4.58. The molecule has 0 aliphatic rings. The third-order valence-electron chi connectivity index (χ3n) is 2.26. The number of nitrogens with zero attached hydrogens (tertiary/aromatic N) is 2. The molecule has 0 saturated heterocycles. The van der Waals surface area contributed by atoms with Crippen LogP contribution in [0.3, 0.4) is 0 Å². The molecule has 0 spiro atoms. The van der Waals surface area contributed by atoms with Crippen LogP contribution < -0.4 is 4.67 Å². The lowest BCUT2D eigenvalue weighted by Gasteiger charge is -2.05. The fourth-order valence-electron chi connectivity index (χ4n) is 1.68. The van der Waals surface area contributed by atoms with E-state index in [-0.39, 0.29) is 0 Å². The van der Waals surface area contributed by atoms with E-state index in [0.717, 1.165) is 10.4 Å². The zero-order valence-corrected chi connectivity index (χ0v) is 11.6. The number of halogens is 1. The molecular weight excluding hydrogens is 260 g/mol. The minimum atomic E-state index is 0.495. The molecule has 0 N–H and O–H groups in total. The van der Waals surface area contributed by atoms with Gasteiger partial charge < -0.3 is 0 Å². The van der Waals surface area contributed by atoms with Gasteiger partial charge >= 0.3 is 0 Å². The van der Waals surface area contributed by atoms with Crippen molar-refractivity contribution < 1.29 is 0 Å². The molecule has 16 heavy (non-hydrogen) atoms. The fraction of sp³-hybridized carbons (Fsp3) is 0.273. The second kappa shape index (κ2) is 4.65. The van der Waals surface area contributed by atoms with E-state index in [1.165, 1.54) is 37.6 Å². The van der Waals surface area contributed by atoms with Gasteiger partial charge in [0.05, 0.1) is 5.69 Å². The summed E-state index contributed by atoms with van der Waals surface area (Å²) in [5, 5.41) is 0.495. The van der Waals surface area contributed by atoms with Crippen LogP contribution in [0.5, 0.6) is 0 Å². The smallest absolute Gasteiger partial charge is 0.179 e. The molecule has 1 heterocycles. The van der Waals surface area contributed by atoms with Gasteiger partial charge in [-0.05, 0) is 42.2 Å². The number of hydrogen-bond donors (Lipinski definition) is 0. The molecule has 0 aliphatic carbocycles. The first kappa shape index (κ1) is 11.8. The van der Waals surface area contributed by atoms with Crippen LogP contribution in [-0.2, 0) is 0 Å². The Labute approximate surface area is 107 Å².